The van der Waals surface area contributed by atoms with Gasteiger partial charge >= 0.3 is 0 Å². The molecule has 2 aromatic heterocycles. The van der Waals surface area contributed by atoms with Gasteiger partial charge in [-0.1, -0.05) is 12.8 Å². The molecule has 2 aliphatic rings. The van der Waals surface area contributed by atoms with Crippen LogP contribution in [0.4, 0.5) is 17.3 Å². The van der Waals surface area contributed by atoms with E-state index in [1.54, 1.807) is 0 Å². The lowest BCUT2D eigenvalue weighted by atomic mass is 10.0. The van der Waals surface area contributed by atoms with Crippen molar-refractivity contribution in [2.45, 2.75) is 58.0 Å². The molecule has 0 unspecified atom stereocenters. The Morgan fingerprint density at radius 3 is 2.61 bits per heavy atom. The van der Waals surface area contributed by atoms with Gasteiger partial charge in [0.15, 0.2) is 0 Å². The van der Waals surface area contributed by atoms with Gasteiger partial charge in [0.1, 0.15) is 5.65 Å². The molecule has 8 heteroatoms. The number of halogens is 1. The van der Waals surface area contributed by atoms with Crippen molar-refractivity contribution >= 4 is 44.3 Å². The normalized spacial score (nSPS) is 18.7. The molecule has 5 rings (SSSR count). The van der Waals surface area contributed by atoms with Crippen LogP contribution in [0.15, 0.2) is 39.7 Å². The van der Waals surface area contributed by atoms with Gasteiger partial charge in [0, 0.05) is 54.2 Å². The predicted molar refractivity (Wildman–Crippen MR) is 138 cm³/mol. The van der Waals surface area contributed by atoms with Crippen molar-refractivity contribution in [3.8, 4) is 0 Å². The van der Waals surface area contributed by atoms with Gasteiger partial charge in [-0.15, -0.1) is 0 Å². The number of nitrogens with zero attached hydrogens (tertiary/aromatic N) is 4. The molecule has 1 aromatic carbocycles. The summed E-state index contributed by atoms with van der Waals surface area (Å²) in [6, 6.07) is 8.60. The summed E-state index contributed by atoms with van der Waals surface area (Å²) in [7, 11) is 0. The number of anilines is 3. The van der Waals surface area contributed by atoms with Crippen LogP contribution >= 0.6 is 15.9 Å². The number of piperazine rings is 1. The third-order valence-electron chi connectivity index (χ3n) is 6.89. The lowest BCUT2D eigenvalue weighted by Crippen LogP contribution is -2.57. The van der Waals surface area contributed by atoms with Crippen LogP contribution in [0.2, 0.25) is 0 Å². The fraction of sp³-hybridized carbons (Fsp3) is 0.480. The van der Waals surface area contributed by atoms with Crippen molar-refractivity contribution in [2.75, 3.05) is 29.9 Å². The first-order chi connectivity index (χ1) is 15.8. The monoisotopic (exact) mass is 510 g/mol. The van der Waals surface area contributed by atoms with E-state index in [0.717, 1.165) is 62.0 Å². The first-order valence-electron chi connectivity index (χ1n) is 11.8. The van der Waals surface area contributed by atoms with Gasteiger partial charge in [-0.25, -0.2) is 4.98 Å². The van der Waals surface area contributed by atoms with Gasteiger partial charge in [-0.3, -0.25) is 9.36 Å². The van der Waals surface area contributed by atoms with E-state index in [4.69, 9.17) is 4.98 Å². The van der Waals surface area contributed by atoms with Gasteiger partial charge < -0.3 is 15.5 Å². The van der Waals surface area contributed by atoms with E-state index >= 15 is 0 Å². The molecule has 1 aliphatic heterocycles. The third kappa shape index (κ3) is 4.38. The van der Waals surface area contributed by atoms with Crippen molar-refractivity contribution in [2.24, 2.45) is 0 Å². The molecule has 1 saturated heterocycles. The first-order valence-corrected chi connectivity index (χ1v) is 12.6. The number of rotatable bonds is 4. The molecular formula is C25H31BrN6O. The van der Waals surface area contributed by atoms with E-state index in [-0.39, 0.29) is 17.1 Å². The highest BCUT2D eigenvalue weighted by Gasteiger charge is 2.26. The molecule has 3 aromatic rings. The van der Waals surface area contributed by atoms with E-state index in [1.807, 2.05) is 17.7 Å². The molecular weight excluding hydrogens is 480 g/mol. The van der Waals surface area contributed by atoms with Crippen LogP contribution < -0.4 is 21.1 Å². The summed E-state index contributed by atoms with van der Waals surface area (Å²) in [5.41, 5.74) is 3.85. The molecule has 0 bridgehead atoms. The van der Waals surface area contributed by atoms with Crippen LogP contribution in [-0.2, 0) is 0 Å². The van der Waals surface area contributed by atoms with Crippen LogP contribution in [0, 0.1) is 6.92 Å². The van der Waals surface area contributed by atoms with Crippen LogP contribution in [0.1, 0.15) is 51.1 Å². The molecule has 2 N–H and O–H groups in total. The molecule has 0 spiro atoms. The van der Waals surface area contributed by atoms with Gasteiger partial charge in [0.05, 0.1) is 4.47 Å². The fourth-order valence-corrected chi connectivity index (χ4v) is 5.51. The summed E-state index contributed by atoms with van der Waals surface area (Å²) >= 11 is 3.50. The summed E-state index contributed by atoms with van der Waals surface area (Å²) in [4.78, 5) is 24.9. The average molecular weight is 511 g/mol. The second kappa shape index (κ2) is 8.72. The minimum atomic E-state index is -0.000140. The van der Waals surface area contributed by atoms with Gasteiger partial charge in [0.25, 0.3) is 5.56 Å². The second-order valence-corrected chi connectivity index (χ2v) is 10.7. The lowest BCUT2D eigenvalue weighted by molar-refractivity contribution is 0.353. The molecule has 1 aliphatic carbocycles. The zero-order valence-electron chi connectivity index (χ0n) is 19.5. The van der Waals surface area contributed by atoms with Crippen molar-refractivity contribution in [1.29, 1.82) is 0 Å². The zero-order chi connectivity index (χ0) is 23.2. The highest BCUT2D eigenvalue weighted by atomic mass is 79.9. The van der Waals surface area contributed by atoms with Crippen molar-refractivity contribution in [3.63, 3.8) is 0 Å². The molecule has 3 heterocycles. The Labute approximate surface area is 202 Å². The molecule has 174 valence electrons. The number of nitrogens with one attached hydrogen (secondary N) is 2. The molecule has 0 amide bonds. The quantitative estimate of drug-likeness (QED) is 0.519. The molecule has 0 radical (unpaired) electrons. The Morgan fingerprint density at radius 1 is 1.18 bits per heavy atom. The third-order valence-corrected chi connectivity index (χ3v) is 7.82. The number of hydrogen-bond acceptors (Lipinski definition) is 6. The SMILES string of the molecule is Cc1c(Br)c(=O)n(C2CCCC2)c2nc(Nc3ccc(N4CCNC(C)(C)C4)cc3)ncc12. The second-order valence-electron chi connectivity index (χ2n) is 9.89. The molecule has 0 atom stereocenters. The standard InChI is InChI=1S/C25H31BrN6O/c1-16-20-14-27-24(30-22(20)32(23(33)21(16)26)19-6-4-5-7-19)29-17-8-10-18(11-9-17)31-13-12-28-25(2,3)15-31/h8-11,14,19,28H,4-7,12-13,15H2,1-3H3,(H,27,29,30). The Kier molecular flexibility index (Phi) is 5.91. The summed E-state index contributed by atoms with van der Waals surface area (Å²) in [5, 5.41) is 7.80. The average Bonchev–Trinajstić information content (AvgIpc) is 3.32. The Hall–Kier alpha value is -2.45. The molecule has 7 nitrogen and oxygen atoms in total. The maximum atomic E-state index is 13.1. The number of aromatic nitrogens is 3. The Balaban J connectivity index is 1.44. The number of hydrogen-bond donors (Lipinski definition) is 2. The van der Waals surface area contributed by atoms with E-state index in [9.17, 15) is 4.79 Å². The maximum absolute atomic E-state index is 13.1. The first kappa shape index (κ1) is 22.3. The lowest BCUT2D eigenvalue weighted by Gasteiger charge is -2.40. The van der Waals surface area contributed by atoms with E-state index < -0.39 is 0 Å². The molecule has 33 heavy (non-hydrogen) atoms. The molecule has 2 fully saturated rings. The largest absolute Gasteiger partial charge is 0.368 e. The topological polar surface area (TPSA) is 75.1 Å². The number of benzene rings is 1. The number of pyridine rings is 1. The smallest absolute Gasteiger partial charge is 0.267 e. The van der Waals surface area contributed by atoms with Crippen molar-refractivity contribution < 1.29 is 0 Å². The van der Waals surface area contributed by atoms with E-state index in [0.29, 0.717) is 16.1 Å². The number of fused-ring (bicyclic) bond motifs is 1. The van der Waals surface area contributed by atoms with Crippen LogP contribution in [-0.4, -0.2) is 39.7 Å². The summed E-state index contributed by atoms with van der Waals surface area (Å²) in [6.45, 7) is 9.36. The summed E-state index contributed by atoms with van der Waals surface area (Å²) in [5.74, 6) is 0.506. The van der Waals surface area contributed by atoms with E-state index in [1.165, 1.54) is 5.69 Å². The van der Waals surface area contributed by atoms with Crippen LogP contribution in [0.5, 0.6) is 0 Å². The van der Waals surface area contributed by atoms with Crippen molar-refractivity contribution in [1.82, 2.24) is 19.9 Å². The zero-order valence-corrected chi connectivity index (χ0v) is 21.1. The van der Waals surface area contributed by atoms with Crippen LogP contribution in [0.25, 0.3) is 11.0 Å². The molecule has 1 saturated carbocycles. The highest BCUT2D eigenvalue weighted by molar-refractivity contribution is 9.10. The maximum Gasteiger partial charge on any atom is 0.267 e. The fourth-order valence-electron chi connectivity index (χ4n) is 5.11. The Bertz CT molecular complexity index is 1230. The van der Waals surface area contributed by atoms with E-state index in [2.05, 4.69) is 74.6 Å². The highest BCUT2D eigenvalue weighted by Crippen LogP contribution is 2.33. The minimum absolute atomic E-state index is 0.000140. The predicted octanol–water partition coefficient (Wildman–Crippen LogP) is 4.91. The summed E-state index contributed by atoms with van der Waals surface area (Å²) in [6.07, 6.45) is 6.16. The van der Waals surface area contributed by atoms with Gasteiger partial charge in [0.2, 0.25) is 5.95 Å². The number of aryl methyl sites for hydroxylation is 1. The summed E-state index contributed by atoms with van der Waals surface area (Å²) < 4.78 is 2.49. The van der Waals surface area contributed by atoms with Gasteiger partial charge in [-0.05, 0) is 79.4 Å². The van der Waals surface area contributed by atoms with Crippen molar-refractivity contribution in [3.05, 3.63) is 50.9 Å². The van der Waals surface area contributed by atoms with Gasteiger partial charge in [-0.2, -0.15) is 4.98 Å². The van der Waals surface area contributed by atoms with Crippen LogP contribution in [0.3, 0.4) is 0 Å². The minimum Gasteiger partial charge on any atom is -0.368 e. The Morgan fingerprint density at radius 2 is 1.91 bits per heavy atom.